The Balaban J connectivity index is 2.13. The van der Waals surface area contributed by atoms with Gasteiger partial charge in [-0.05, 0) is 55.8 Å². The van der Waals surface area contributed by atoms with Crippen LogP contribution in [0, 0.1) is 13.8 Å². The third-order valence-corrected chi connectivity index (χ3v) is 3.60. The van der Waals surface area contributed by atoms with E-state index in [9.17, 15) is 0 Å². The normalized spacial score (nSPS) is 10.5. The average Bonchev–Trinajstić information content (AvgIpc) is 2.49. The van der Waals surface area contributed by atoms with Gasteiger partial charge in [0.15, 0.2) is 0 Å². The second kappa shape index (κ2) is 7.14. The van der Waals surface area contributed by atoms with E-state index in [0.29, 0.717) is 6.61 Å². The summed E-state index contributed by atoms with van der Waals surface area (Å²) in [6.45, 7) is 5.57. The van der Waals surface area contributed by atoms with Crippen molar-refractivity contribution in [1.29, 1.82) is 0 Å². The summed E-state index contributed by atoms with van der Waals surface area (Å²) in [6, 6.07) is 12.3. The number of hydrogen-bond acceptors (Lipinski definition) is 3. The molecule has 0 amide bonds. The van der Waals surface area contributed by atoms with Crippen molar-refractivity contribution in [2.24, 2.45) is 0 Å². The van der Waals surface area contributed by atoms with Crippen molar-refractivity contribution < 1.29 is 9.47 Å². The first kappa shape index (κ1) is 15.4. The maximum Gasteiger partial charge on any atom is 0.124 e. The molecule has 1 N–H and O–H groups in total. The molecule has 3 nitrogen and oxygen atoms in total. The van der Waals surface area contributed by atoms with E-state index >= 15 is 0 Å². The highest BCUT2D eigenvalue weighted by Gasteiger charge is 2.06. The first-order valence-electron chi connectivity index (χ1n) is 7.14. The molecule has 0 unspecified atom stereocenters. The lowest BCUT2D eigenvalue weighted by atomic mass is 10.1. The van der Waals surface area contributed by atoms with E-state index in [4.69, 9.17) is 9.47 Å². The summed E-state index contributed by atoms with van der Waals surface area (Å²) >= 11 is 0. The first-order chi connectivity index (χ1) is 10.1. The summed E-state index contributed by atoms with van der Waals surface area (Å²) in [6.07, 6.45) is 0. The molecule has 0 radical (unpaired) electrons. The molecule has 0 bridgehead atoms. The van der Waals surface area contributed by atoms with Crippen molar-refractivity contribution in [2.75, 3.05) is 14.2 Å². The SMILES string of the molecule is CNCc1cc(OC)ccc1OCc1ccc(C)c(C)c1. The molecule has 0 saturated heterocycles. The van der Waals surface area contributed by atoms with Gasteiger partial charge < -0.3 is 14.8 Å². The van der Waals surface area contributed by atoms with E-state index in [-0.39, 0.29) is 0 Å². The molecule has 0 atom stereocenters. The van der Waals surface area contributed by atoms with E-state index in [1.807, 2.05) is 25.2 Å². The lowest BCUT2D eigenvalue weighted by Crippen LogP contribution is -2.08. The number of nitrogens with one attached hydrogen (secondary N) is 1. The summed E-state index contributed by atoms with van der Waals surface area (Å²) in [5, 5.41) is 3.15. The first-order valence-corrected chi connectivity index (χ1v) is 7.14. The van der Waals surface area contributed by atoms with Crippen LogP contribution in [0.5, 0.6) is 11.5 Å². The van der Waals surface area contributed by atoms with E-state index in [1.54, 1.807) is 7.11 Å². The Bertz CT molecular complexity index is 608. The van der Waals surface area contributed by atoms with Crippen LogP contribution in [0.25, 0.3) is 0 Å². The molecule has 0 aliphatic rings. The Morgan fingerprint density at radius 1 is 1.00 bits per heavy atom. The number of ether oxygens (including phenoxy) is 2. The zero-order valence-corrected chi connectivity index (χ0v) is 13.2. The molecule has 0 heterocycles. The fraction of sp³-hybridized carbons (Fsp3) is 0.333. The number of aryl methyl sites for hydroxylation is 2. The topological polar surface area (TPSA) is 30.5 Å². The number of methoxy groups -OCH3 is 1. The van der Waals surface area contributed by atoms with Crippen molar-refractivity contribution >= 4 is 0 Å². The summed E-state index contributed by atoms with van der Waals surface area (Å²) < 4.78 is 11.2. The highest BCUT2D eigenvalue weighted by atomic mass is 16.5. The minimum absolute atomic E-state index is 0.574. The van der Waals surface area contributed by atoms with Gasteiger partial charge in [0.2, 0.25) is 0 Å². The van der Waals surface area contributed by atoms with Crippen LogP contribution >= 0.6 is 0 Å². The van der Waals surface area contributed by atoms with Crippen LogP contribution in [0.4, 0.5) is 0 Å². The van der Waals surface area contributed by atoms with Crippen LogP contribution in [0.3, 0.4) is 0 Å². The second-order valence-corrected chi connectivity index (χ2v) is 5.21. The van der Waals surface area contributed by atoms with Gasteiger partial charge in [0.1, 0.15) is 18.1 Å². The highest BCUT2D eigenvalue weighted by Crippen LogP contribution is 2.25. The Kier molecular flexibility index (Phi) is 5.23. The largest absolute Gasteiger partial charge is 0.497 e. The summed E-state index contributed by atoms with van der Waals surface area (Å²) in [4.78, 5) is 0. The molecular weight excluding hydrogens is 262 g/mol. The van der Waals surface area contributed by atoms with Gasteiger partial charge >= 0.3 is 0 Å². The van der Waals surface area contributed by atoms with Crippen LogP contribution in [-0.4, -0.2) is 14.2 Å². The smallest absolute Gasteiger partial charge is 0.124 e. The summed E-state index contributed by atoms with van der Waals surface area (Å²) in [5.74, 6) is 1.74. The predicted octanol–water partition coefficient (Wildman–Crippen LogP) is 3.61. The maximum absolute atomic E-state index is 5.97. The molecule has 0 spiro atoms. The highest BCUT2D eigenvalue weighted by molar-refractivity contribution is 5.40. The van der Waals surface area contributed by atoms with Gasteiger partial charge in [0.25, 0.3) is 0 Å². The van der Waals surface area contributed by atoms with Crippen LogP contribution < -0.4 is 14.8 Å². The molecule has 3 heteroatoms. The molecule has 2 aromatic carbocycles. The van der Waals surface area contributed by atoms with E-state index in [2.05, 4.69) is 37.4 Å². The minimum atomic E-state index is 0.574. The zero-order chi connectivity index (χ0) is 15.2. The van der Waals surface area contributed by atoms with E-state index < -0.39 is 0 Å². The number of hydrogen-bond donors (Lipinski definition) is 1. The van der Waals surface area contributed by atoms with Gasteiger partial charge in [-0.3, -0.25) is 0 Å². The Labute approximate surface area is 126 Å². The van der Waals surface area contributed by atoms with E-state index in [0.717, 1.165) is 23.6 Å². The average molecular weight is 285 g/mol. The van der Waals surface area contributed by atoms with Crippen LogP contribution in [0.2, 0.25) is 0 Å². The number of rotatable bonds is 6. The molecule has 0 aliphatic carbocycles. The lowest BCUT2D eigenvalue weighted by Gasteiger charge is -2.13. The van der Waals surface area contributed by atoms with E-state index in [1.165, 1.54) is 16.7 Å². The third-order valence-electron chi connectivity index (χ3n) is 3.60. The molecule has 2 rings (SSSR count). The van der Waals surface area contributed by atoms with Crippen LogP contribution in [0.1, 0.15) is 22.3 Å². The van der Waals surface area contributed by atoms with Gasteiger partial charge in [0.05, 0.1) is 7.11 Å². The van der Waals surface area contributed by atoms with Crippen molar-refractivity contribution in [3.8, 4) is 11.5 Å². The second-order valence-electron chi connectivity index (χ2n) is 5.21. The predicted molar refractivity (Wildman–Crippen MR) is 86.0 cm³/mol. The van der Waals surface area contributed by atoms with Crippen molar-refractivity contribution in [3.63, 3.8) is 0 Å². The zero-order valence-electron chi connectivity index (χ0n) is 13.2. The fourth-order valence-corrected chi connectivity index (χ4v) is 2.21. The molecule has 112 valence electrons. The van der Waals surface area contributed by atoms with Gasteiger partial charge in [-0.1, -0.05) is 18.2 Å². The summed E-state index contributed by atoms with van der Waals surface area (Å²) in [7, 11) is 3.60. The van der Waals surface area contributed by atoms with Gasteiger partial charge in [0, 0.05) is 12.1 Å². The molecular formula is C18H23NO2. The lowest BCUT2D eigenvalue weighted by molar-refractivity contribution is 0.301. The minimum Gasteiger partial charge on any atom is -0.497 e. The van der Waals surface area contributed by atoms with Gasteiger partial charge in [-0.25, -0.2) is 0 Å². The third kappa shape index (κ3) is 3.99. The van der Waals surface area contributed by atoms with Crippen LogP contribution in [0.15, 0.2) is 36.4 Å². The molecule has 0 aliphatic heterocycles. The molecule has 21 heavy (non-hydrogen) atoms. The standard InChI is InChI=1S/C18H23NO2/c1-13-5-6-15(9-14(13)2)12-21-18-8-7-17(20-4)10-16(18)11-19-3/h5-10,19H,11-12H2,1-4H3. The monoisotopic (exact) mass is 285 g/mol. The maximum atomic E-state index is 5.97. The van der Waals surface area contributed by atoms with Crippen molar-refractivity contribution in [2.45, 2.75) is 27.0 Å². The Morgan fingerprint density at radius 3 is 2.48 bits per heavy atom. The quantitative estimate of drug-likeness (QED) is 0.879. The van der Waals surface area contributed by atoms with Crippen LogP contribution in [-0.2, 0) is 13.2 Å². The molecule has 2 aromatic rings. The van der Waals surface area contributed by atoms with Gasteiger partial charge in [-0.15, -0.1) is 0 Å². The Hall–Kier alpha value is -2.00. The molecule has 0 saturated carbocycles. The van der Waals surface area contributed by atoms with Gasteiger partial charge in [-0.2, -0.15) is 0 Å². The Morgan fingerprint density at radius 2 is 1.81 bits per heavy atom. The van der Waals surface area contributed by atoms with Crippen molar-refractivity contribution in [3.05, 3.63) is 58.7 Å². The fourth-order valence-electron chi connectivity index (χ4n) is 2.21. The number of benzene rings is 2. The van der Waals surface area contributed by atoms with Crippen molar-refractivity contribution in [1.82, 2.24) is 5.32 Å². The molecule has 0 aromatic heterocycles. The summed E-state index contributed by atoms with van der Waals surface area (Å²) in [5.41, 5.74) is 4.88. The molecule has 0 fully saturated rings.